The van der Waals surface area contributed by atoms with Crippen LogP contribution in [0.15, 0.2) is 53.6 Å². The Balaban J connectivity index is 1.64. The fraction of sp³-hybridized carbons (Fsp3) is 0.438. The van der Waals surface area contributed by atoms with Gasteiger partial charge in [-0.15, -0.1) is 0 Å². The van der Waals surface area contributed by atoms with Crippen LogP contribution in [-0.2, 0) is 14.9 Å². The molecule has 3 aromatic rings. The Morgan fingerprint density at radius 3 is 2.45 bits per heavy atom. The summed E-state index contributed by atoms with van der Waals surface area (Å²) in [6, 6.07) is 13.7. The van der Waals surface area contributed by atoms with Crippen LogP contribution in [0.1, 0.15) is 55.2 Å². The summed E-state index contributed by atoms with van der Waals surface area (Å²) in [6.45, 7) is 12.9. The first-order valence-electron chi connectivity index (χ1n) is 14.3. The number of ether oxygens (including phenoxy) is 3. The molecule has 1 saturated heterocycles. The third kappa shape index (κ3) is 7.06. The highest BCUT2D eigenvalue weighted by Crippen LogP contribution is 2.38. The van der Waals surface area contributed by atoms with Gasteiger partial charge in [-0.25, -0.2) is 5.53 Å². The Bertz CT molecular complexity index is 1430. The molecule has 10 nitrogen and oxygen atoms in total. The van der Waals surface area contributed by atoms with Crippen LogP contribution in [-0.4, -0.2) is 69.8 Å². The van der Waals surface area contributed by atoms with Crippen molar-refractivity contribution in [2.75, 3.05) is 58.4 Å². The van der Waals surface area contributed by atoms with Crippen LogP contribution in [0.4, 0.5) is 5.69 Å². The minimum atomic E-state index is -1.13. The van der Waals surface area contributed by atoms with Gasteiger partial charge in [0.25, 0.3) is 11.8 Å². The van der Waals surface area contributed by atoms with Gasteiger partial charge < -0.3 is 24.8 Å². The molecule has 0 radical (unpaired) electrons. The molecule has 1 aliphatic rings. The van der Waals surface area contributed by atoms with E-state index in [-0.39, 0.29) is 17.1 Å². The molecule has 4 rings (SSSR count). The van der Waals surface area contributed by atoms with Crippen LogP contribution in [0.5, 0.6) is 11.5 Å². The molecule has 1 atom stereocenters. The Kier molecular flexibility index (Phi) is 10.1. The van der Waals surface area contributed by atoms with Crippen molar-refractivity contribution in [1.82, 2.24) is 10.2 Å². The lowest BCUT2D eigenvalue weighted by molar-refractivity contribution is -0.117. The largest absolute Gasteiger partial charge is 0.494 e. The first kappa shape index (κ1) is 30.9. The van der Waals surface area contributed by atoms with Gasteiger partial charge in [0.1, 0.15) is 12.4 Å². The van der Waals surface area contributed by atoms with E-state index in [2.05, 4.69) is 20.6 Å². The van der Waals surface area contributed by atoms with Gasteiger partial charge in [0, 0.05) is 31.6 Å². The van der Waals surface area contributed by atoms with E-state index in [4.69, 9.17) is 19.7 Å². The van der Waals surface area contributed by atoms with E-state index < -0.39 is 11.9 Å². The van der Waals surface area contributed by atoms with Crippen LogP contribution < -0.4 is 20.1 Å². The average molecular weight is 576 g/mol. The summed E-state index contributed by atoms with van der Waals surface area (Å²) in [5.41, 5.74) is 9.77. The maximum atomic E-state index is 13.7. The van der Waals surface area contributed by atoms with Crippen molar-refractivity contribution >= 4 is 28.3 Å². The normalized spacial score (nSPS) is 14.7. The van der Waals surface area contributed by atoms with Crippen LogP contribution >= 0.6 is 0 Å². The molecule has 0 aliphatic carbocycles. The van der Waals surface area contributed by atoms with E-state index in [9.17, 15) is 9.59 Å². The number of amides is 2. The summed E-state index contributed by atoms with van der Waals surface area (Å²) in [5, 5.41) is 11.1. The van der Waals surface area contributed by atoms with Gasteiger partial charge in [-0.2, -0.15) is 5.11 Å². The minimum absolute atomic E-state index is 0.250. The molecule has 1 fully saturated rings. The number of methoxy groups -OCH3 is 1. The van der Waals surface area contributed by atoms with E-state index in [0.717, 1.165) is 49.2 Å². The molecule has 3 aromatic carbocycles. The number of fused-ring (bicyclic) bond motifs is 1. The predicted octanol–water partition coefficient (Wildman–Crippen LogP) is 5.32. The number of nitrogens with one attached hydrogen (secondary N) is 3. The molecule has 42 heavy (non-hydrogen) atoms. The van der Waals surface area contributed by atoms with Crippen molar-refractivity contribution in [3.63, 3.8) is 0 Å². The molecule has 2 amide bonds. The van der Waals surface area contributed by atoms with E-state index in [1.54, 1.807) is 12.1 Å². The standard InChI is InChI=1S/C32H41N5O5/c1-6-34-30(38)25-19-21(32(2,3)4)20-26(29(25)40-5)35-31(39)28(36-33)24-11-12-27(23-10-8-7-9-22(23)24)42-18-15-37-13-16-41-17-14-37/h7-12,19-20,28,33H,6,13-18H2,1-5H3,(H,34,38)(H,35,39). The number of hydrogen-bond donors (Lipinski definition) is 3. The zero-order chi connectivity index (χ0) is 30.3. The SMILES string of the molecule is CCNC(=O)c1cc(C(C)(C)C)cc(NC(=O)C(N=N)c2ccc(OCCN3CCOCC3)c3ccccc23)c1OC. The van der Waals surface area contributed by atoms with Gasteiger partial charge >= 0.3 is 0 Å². The van der Waals surface area contributed by atoms with Crippen molar-refractivity contribution in [2.45, 2.75) is 39.2 Å². The van der Waals surface area contributed by atoms with Gasteiger partial charge in [0.2, 0.25) is 0 Å². The summed E-state index contributed by atoms with van der Waals surface area (Å²) < 4.78 is 17.2. The lowest BCUT2D eigenvalue weighted by Crippen LogP contribution is -2.38. The highest BCUT2D eigenvalue weighted by Gasteiger charge is 2.28. The van der Waals surface area contributed by atoms with Crippen molar-refractivity contribution in [3.8, 4) is 11.5 Å². The molecule has 224 valence electrons. The number of carbonyl (C=O) groups excluding carboxylic acids is 2. The van der Waals surface area contributed by atoms with E-state index >= 15 is 0 Å². The third-order valence-corrected chi connectivity index (χ3v) is 7.36. The van der Waals surface area contributed by atoms with Crippen molar-refractivity contribution in [1.29, 1.82) is 5.53 Å². The van der Waals surface area contributed by atoms with Crippen LogP contribution in [0, 0.1) is 5.53 Å². The number of nitrogens with zero attached hydrogens (tertiary/aromatic N) is 2. The number of hydrogen-bond acceptors (Lipinski definition) is 8. The predicted molar refractivity (Wildman–Crippen MR) is 163 cm³/mol. The maximum absolute atomic E-state index is 13.7. The molecule has 10 heteroatoms. The topological polar surface area (TPSA) is 125 Å². The van der Waals surface area contributed by atoms with Crippen LogP contribution in [0.25, 0.3) is 10.8 Å². The zero-order valence-corrected chi connectivity index (χ0v) is 25.1. The summed E-state index contributed by atoms with van der Waals surface area (Å²) in [4.78, 5) is 29.0. The highest BCUT2D eigenvalue weighted by molar-refractivity contribution is 6.04. The van der Waals surface area contributed by atoms with Crippen molar-refractivity contribution in [3.05, 3.63) is 65.2 Å². The zero-order valence-electron chi connectivity index (χ0n) is 25.1. The first-order valence-corrected chi connectivity index (χ1v) is 14.3. The number of morpholine rings is 1. The minimum Gasteiger partial charge on any atom is -0.494 e. The number of rotatable bonds is 11. The molecular formula is C32H41N5O5. The molecule has 3 N–H and O–H groups in total. The third-order valence-electron chi connectivity index (χ3n) is 7.36. The fourth-order valence-electron chi connectivity index (χ4n) is 5.04. The Morgan fingerprint density at radius 2 is 1.81 bits per heavy atom. The fourth-order valence-corrected chi connectivity index (χ4v) is 5.04. The summed E-state index contributed by atoms with van der Waals surface area (Å²) in [7, 11) is 1.46. The Labute approximate surface area is 247 Å². The molecule has 1 heterocycles. The molecule has 0 spiro atoms. The van der Waals surface area contributed by atoms with Crippen molar-refractivity contribution in [2.24, 2.45) is 5.11 Å². The molecule has 0 aromatic heterocycles. The smallest absolute Gasteiger partial charge is 0.255 e. The number of benzene rings is 3. The van der Waals surface area contributed by atoms with Gasteiger partial charge in [0.15, 0.2) is 11.8 Å². The number of anilines is 1. The second-order valence-electron chi connectivity index (χ2n) is 11.2. The van der Waals surface area contributed by atoms with Gasteiger partial charge in [-0.3, -0.25) is 14.5 Å². The van der Waals surface area contributed by atoms with E-state index in [1.807, 2.05) is 64.1 Å². The van der Waals surface area contributed by atoms with Gasteiger partial charge in [0.05, 0.1) is 31.6 Å². The summed E-state index contributed by atoms with van der Waals surface area (Å²) >= 11 is 0. The van der Waals surface area contributed by atoms with E-state index in [1.165, 1.54) is 7.11 Å². The van der Waals surface area contributed by atoms with Crippen LogP contribution in [0.3, 0.4) is 0 Å². The lowest BCUT2D eigenvalue weighted by Gasteiger charge is -2.26. The van der Waals surface area contributed by atoms with Gasteiger partial charge in [-0.1, -0.05) is 51.1 Å². The molecular weight excluding hydrogens is 534 g/mol. The highest BCUT2D eigenvalue weighted by atomic mass is 16.5. The van der Waals surface area contributed by atoms with Crippen molar-refractivity contribution < 1.29 is 23.8 Å². The van der Waals surface area contributed by atoms with Gasteiger partial charge in [-0.05, 0) is 47.1 Å². The monoisotopic (exact) mass is 575 g/mol. The summed E-state index contributed by atoms with van der Waals surface area (Å²) in [6.07, 6.45) is 0. The average Bonchev–Trinajstić information content (AvgIpc) is 2.98. The second kappa shape index (κ2) is 13.8. The van der Waals surface area contributed by atoms with Crippen LogP contribution in [0.2, 0.25) is 0 Å². The molecule has 0 saturated carbocycles. The second-order valence-corrected chi connectivity index (χ2v) is 11.2. The van der Waals surface area contributed by atoms with E-state index in [0.29, 0.717) is 35.7 Å². The number of carbonyl (C=O) groups is 2. The Hall–Kier alpha value is -4.02. The molecule has 0 bridgehead atoms. The Morgan fingerprint density at radius 1 is 1.10 bits per heavy atom. The summed E-state index contributed by atoms with van der Waals surface area (Å²) in [5.74, 6) is 0.146. The molecule has 1 unspecified atom stereocenters. The first-order chi connectivity index (χ1) is 20.2. The quantitative estimate of drug-likeness (QED) is 0.266. The lowest BCUT2D eigenvalue weighted by atomic mass is 9.85. The maximum Gasteiger partial charge on any atom is 0.255 e. The molecule has 1 aliphatic heterocycles.